The average Bonchev–Trinajstić information content (AvgIpc) is 3.11. The number of carbonyl (C=O) groups is 2. The lowest BCUT2D eigenvalue weighted by molar-refractivity contribution is -0.138. The monoisotopic (exact) mass is 433 g/mol. The van der Waals surface area contributed by atoms with Gasteiger partial charge in [0.1, 0.15) is 5.82 Å². The lowest BCUT2D eigenvalue weighted by atomic mass is 9.80. The van der Waals surface area contributed by atoms with Gasteiger partial charge < -0.3 is 15.3 Å². The average molecular weight is 434 g/mol. The summed E-state index contributed by atoms with van der Waals surface area (Å²) in [5.41, 5.74) is 4.79. The van der Waals surface area contributed by atoms with Crippen molar-refractivity contribution in [1.29, 1.82) is 0 Å². The molecule has 1 aliphatic carbocycles. The van der Waals surface area contributed by atoms with E-state index in [0.717, 1.165) is 56.7 Å². The Balaban J connectivity index is 1.19. The van der Waals surface area contributed by atoms with E-state index in [1.807, 2.05) is 17.0 Å². The highest BCUT2D eigenvalue weighted by Gasteiger charge is 2.44. The Morgan fingerprint density at radius 3 is 2.84 bits per heavy atom. The van der Waals surface area contributed by atoms with Crippen LogP contribution in [0.3, 0.4) is 0 Å². The molecule has 3 atom stereocenters. The number of anilines is 1. The molecule has 0 radical (unpaired) electrons. The van der Waals surface area contributed by atoms with Crippen molar-refractivity contribution >= 4 is 17.7 Å². The third-order valence-corrected chi connectivity index (χ3v) is 7.49. The highest BCUT2D eigenvalue weighted by atomic mass is 16.4. The number of amides is 1. The number of likely N-dealkylation sites (tertiary alicyclic amines) is 1. The predicted octanol–water partition coefficient (Wildman–Crippen LogP) is 3.97. The highest BCUT2D eigenvalue weighted by Crippen LogP contribution is 2.51. The van der Waals surface area contributed by atoms with Gasteiger partial charge in [0.05, 0.1) is 6.42 Å². The fraction of sp³-hybridized carbons (Fsp3) is 0.500. The van der Waals surface area contributed by atoms with Gasteiger partial charge in [-0.15, -0.1) is 0 Å². The zero-order valence-electron chi connectivity index (χ0n) is 18.4. The summed E-state index contributed by atoms with van der Waals surface area (Å²) in [6.07, 6.45) is 5.39. The minimum absolute atomic E-state index is 0.00324. The van der Waals surface area contributed by atoms with E-state index in [9.17, 15) is 14.7 Å². The first-order valence-corrected chi connectivity index (χ1v) is 11.9. The number of nitrogens with zero attached hydrogens (tertiary/aromatic N) is 2. The number of hydrogen-bond donors (Lipinski definition) is 2. The molecule has 6 heteroatoms. The van der Waals surface area contributed by atoms with Gasteiger partial charge in [-0.05, 0) is 72.6 Å². The van der Waals surface area contributed by atoms with Crippen LogP contribution in [0.2, 0.25) is 0 Å². The molecule has 32 heavy (non-hydrogen) atoms. The molecule has 1 aromatic heterocycles. The van der Waals surface area contributed by atoms with Crippen LogP contribution in [0.5, 0.6) is 0 Å². The van der Waals surface area contributed by atoms with E-state index in [1.165, 1.54) is 16.7 Å². The van der Waals surface area contributed by atoms with Crippen LogP contribution in [-0.2, 0) is 22.4 Å². The van der Waals surface area contributed by atoms with Gasteiger partial charge in [-0.25, -0.2) is 4.98 Å². The van der Waals surface area contributed by atoms with Crippen LogP contribution in [0, 0.1) is 5.92 Å². The smallest absolute Gasteiger partial charge is 0.303 e. The van der Waals surface area contributed by atoms with Crippen LogP contribution in [0.25, 0.3) is 0 Å². The molecule has 1 amide bonds. The van der Waals surface area contributed by atoms with E-state index < -0.39 is 5.97 Å². The lowest BCUT2D eigenvalue weighted by Gasteiger charge is -2.37. The molecule has 1 aromatic carbocycles. The number of aromatic nitrogens is 1. The van der Waals surface area contributed by atoms with E-state index in [0.29, 0.717) is 18.9 Å². The van der Waals surface area contributed by atoms with Crippen molar-refractivity contribution in [3.63, 3.8) is 0 Å². The summed E-state index contributed by atoms with van der Waals surface area (Å²) in [4.78, 5) is 31.2. The Labute approximate surface area is 189 Å². The van der Waals surface area contributed by atoms with E-state index in [4.69, 9.17) is 4.98 Å². The van der Waals surface area contributed by atoms with Crippen LogP contribution in [-0.4, -0.2) is 46.5 Å². The highest BCUT2D eigenvalue weighted by molar-refractivity contribution is 5.76. The summed E-state index contributed by atoms with van der Waals surface area (Å²) in [6, 6.07) is 12.5. The molecule has 1 fully saturated rings. The van der Waals surface area contributed by atoms with E-state index in [-0.39, 0.29) is 24.2 Å². The Hall–Kier alpha value is -2.89. The molecule has 3 aliphatic rings. The van der Waals surface area contributed by atoms with Crippen molar-refractivity contribution < 1.29 is 14.7 Å². The van der Waals surface area contributed by atoms with Crippen molar-refractivity contribution in [3.05, 3.63) is 58.8 Å². The summed E-state index contributed by atoms with van der Waals surface area (Å²) in [6.45, 7) is 2.40. The SMILES string of the molecule is O=C(O)CC1c2ccccc2C2CCN(C(=O)CCCc3ccc4c(n3)NCCC4)CC21. The zero-order chi connectivity index (χ0) is 22.1. The molecule has 6 nitrogen and oxygen atoms in total. The Kier molecular flexibility index (Phi) is 5.85. The van der Waals surface area contributed by atoms with Crippen molar-refractivity contribution in [2.75, 3.05) is 25.0 Å². The van der Waals surface area contributed by atoms with Gasteiger partial charge in [-0.2, -0.15) is 0 Å². The number of hydrogen-bond acceptors (Lipinski definition) is 4. The number of carbonyl (C=O) groups excluding carboxylic acids is 1. The van der Waals surface area contributed by atoms with Crippen LogP contribution < -0.4 is 5.32 Å². The quantitative estimate of drug-likeness (QED) is 0.720. The predicted molar refractivity (Wildman–Crippen MR) is 123 cm³/mol. The first kappa shape index (κ1) is 21.0. The summed E-state index contributed by atoms with van der Waals surface area (Å²) in [5, 5.41) is 12.8. The van der Waals surface area contributed by atoms with E-state index >= 15 is 0 Å². The van der Waals surface area contributed by atoms with Crippen molar-refractivity contribution in [1.82, 2.24) is 9.88 Å². The maximum absolute atomic E-state index is 13.0. The molecule has 0 spiro atoms. The zero-order valence-corrected chi connectivity index (χ0v) is 18.4. The number of rotatable bonds is 6. The Morgan fingerprint density at radius 2 is 2.00 bits per heavy atom. The van der Waals surface area contributed by atoms with Crippen molar-refractivity contribution in [3.8, 4) is 0 Å². The first-order valence-electron chi connectivity index (χ1n) is 11.9. The fourth-order valence-electron chi connectivity index (χ4n) is 5.96. The minimum atomic E-state index is -0.763. The van der Waals surface area contributed by atoms with Crippen molar-refractivity contribution in [2.24, 2.45) is 5.92 Å². The second kappa shape index (κ2) is 8.93. The van der Waals surface area contributed by atoms with Crippen LogP contribution in [0.4, 0.5) is 5.82 Å². The van der Waals surface area contributed by atoms with Gasteiger partial charge in [0, 0.05) is 31.7 Å². The number of benzene rings is 1. The van der Waals surface area contributed by atoms with Gasteiger partial charge >= 0.3 is 5.97 Å². The molecule has 2 aliphatic heterocycles. The largest absolute Gasteiger partial charge is 0.481 e. The summed E-state index contributed by atoms with van der Waals surface area (Å²) in [7, 11) is 0. The number of pyridine rings is 1. The lowest BCUT2D eigenvalue weighted by Crippen LogP contribution is -2.43. The molecule has 0 bridgehead atoms. The molecular weight excluding hydrogens is 402 g/mol. The maximum atomic E-state index is 13.0. The minimum Gasteiger partial charge on any atom is -0.481 e. The second-order valence-electron chi connectivity index (χ2n) is 9.43. The number of fused-ring (bicyclic) bond motifs is 4. The maximum Gasteiger partial charge on any atom is 0.303 e. The normalized spacial score (nSPS) is 23.6. The molecular formula is C26H31N3O3. The molecule has 3 heterocycles. The Morgan fingerprint density at radius 1 is 1.16 bits per heavy atom. The second-order valence-corrected chi connectivity index (χ2v) is 9.43. The molecule has 0 saturated carbocycles. The van der Waals surface area contributed by atoms with Crippen LogP contribution in [0.15, 0.2) is 36.4 Å². The number of carboxylic acids is 1. The van der Waals surface area contributed by atoms with Gasteiger partial charge in [0.25, 0.3) is 0 Å². The van der Waals surface area contributed by atoms with E-state index in [1.54, 1.807) is 0 Å². The number of nitrogens with one attached hydrogen (secondary N) is 1. The van der Waals surface area contributed by atoms with Crippen LogP contribution >= 0.6 is 0 Å². The van der Waals surface area contributed by atoms with Gasteiger partial charge in [0.15, 0.2) is 0 Å². The number of carboxylic acid groups (broad SMARTS) is 1. The molecule has 3 unspecified atom stereocenters. The van der Waals surface area contributed by atoms with Gasteiger partial charge in [-0.3, -0.25) is 9.59 Å². The Bertz CT molecular complexity index is 1020. The molecule has 168 valence electrons. The third kappa shape index (κ3) is 4.10. The number of aliphatic carboxylic acids is 1. The van der Waals surface area contributed by atoms with Gasteiger partial charge in [-0.1, -0.05) is 30.3 Å². The fourth-order valence-corrected chi connectivity index (χ4v) is 5.96. The molecule has 1 saturated heterocycles. The van der Waals surface area contributed by atoms with Crippen molar-refractivity contribution in [2.45, 2.75) is 56.8 Å². The van der Waals surface area contributed by atoms with Crippen LogP contribution in [0.1, 0.15) is 66.3 Å². The standard InChI is InChI=1S/C26H31N3O3/c30-24(9-3-6-18-11-10-17-5-4-13-27-26(17)28-18)29-14-12-21-19-7-1-2-8-20(19)22(15-25(31)32)23(21)16-29/h1-2,7-8,10-11,21-23H,3-6,9,12-16H2,(H,27,28)(H,31,32). The molecule has 2 aromatic rings. The summed E-state index contributed by atoms with van der Waals surface area (Å²) < 4.78 is 0. The molecule has 5 rings (SSSR count). The number of aryl methyl sites for hydroxylation is 2. The van der Waals surface area contributed by atoms with Gasteiger partial charge in [0.2, 0.25) is 5.91 Å². The van der Waals surface area contributed by atoms with E-state index in [2.05, 4.69) is 29.6 Å². The summed E-state index contributed by atoms with van der Waals surface area (Å²) >= 11 is 0. The summed E-state index contributed by atoms with van der Waals surface area (Å²) in [5.74, 6) is 0.996. The molecule has 2 N–H and O–H groups in total. The third-order valence-electron chi connectivity index (χ3n) is 7.49. The first-order chi connectivity index (χ1) is 15.6. The number of piperidine rings is 1. The topological polar surface area (TPSA) is 82.5 Å².